The van der Waals surface area contributed by atoms with Gasteiger partial charge in [0.15, 0.2) is 4.33 Å². The van der Waals surface area contributed by atoms with E-state index in [0.717, 1.165) is 0 Å². The van der Waals surface area contributed by atoms with E-state index in [9.17, 15) is 31.7 Å². The first kappa shape index (κ1) is 10.1. The van der Waals surface area contributed by atoms with Crippen LogP contribution in [-0.4, -0.2) is 19.1 Å². The lowest BCUT2D eigenvalue weighted by Gasteiger charge is -1.99. The Balaban J connectivity index is 4.53. The van der Waals surface area contributed by atoms with Gasteiger partial charge < -0.3 is 0 Å². The van der Waals surface area contributed by atoms with Crippen molar-refractivity contribution in [3.63, 3.8) is 0 Å². The highest BCUT2D eigenvalue weighted by Crippen LogP contribution is 2.19. The highest BCUT2D eigenvalue weighted by Gasteiger charge is 2.43. The Morgan fingerprint density at radius 2 is 1.73 bits per heavy atom. The van der Waals surface area contributed by atoms with Crippen molar-refractivity contribution in [1.29, 1.82) is 0 Å². The van der Waals surface area contributed by atoms with Gasteiger partial charge in [0, 0.05) is 0 Å². The molecule has 0 rings (SSSR count). The molecule has 6 nitrogen and oxygen atoms in total. The lowest BCUT2D eigenvalue weighted by Crippen LogP contribution is -2.24. The fraction of sp³-hybridized carbons (Fsp3) is 1.00. The third kappa shape index (κ3) is 3.72. The molecule has 0 heterocycles. The van der Waals surface area contributed by atoms with E-state index in [0.29, 0.717) is 0 Å². The van der Waals surface area contributed by atoms with Crippen molar-refractivity contribution in [1.82, 2.24) is 0 Å². The van der Waals surface area contributed by atoms with Crippen LogP contribution >= 0.6 is 0 Å². The van der Waals surface area contributed by atoms with Crippen molar-refractivity contribution in [2.45, 2.75) is 6.36 Å². The summed E-state index contributed by atoms with van der Waals surface area (Å²) in [6.07, 6.45) is -5.56. The summed E-state index contributed by atoms with van der Waals surface area (Å²) in [5.74, 6) is 0. The van der Waals surface area contributed by atoms with Crippen LogP contribution in [0.5, 0.6) is 0 Å². The maximum absolute atomic E-state index is 11.0. The first-order chi connectivity index (χ1) is 4.65. The zero-order chi connectivity index (χ0) is 9.28. The third-order valence-electron chi connectivity index (χ3n) is 0.382. The van der Waals surface area contributed by atoms with Crippen LogP contribution in [0.2, 0.25) is 0 Å². The van der Waals surface area contributed by atoms with Gasteiger partial charge in [-0.1, -0.05) is 0 Å². The smallest absolute Gasteiger partial charge is 0.245 e. The molecule has 0 fully saturated rings. The summed E-state index contributed by atoms with van der Waals surface area (Å²) >= 11 is 0. The van der Waals surface area contributed by atoms with E-state index in [-0.39, 0.29) is 0 Å². The van der Waals surface area contributed by atoms with Gasteiger partial charge in [-0.2, -0.15) is 0 Å². The van der Waals surface area contributed by atoms with Crippen LogP contribution in [0, 0.1) is 10.1 Å². The largest absolute Gasteiger partial charge is 0.573 e. The summed E-state index contributed by atoms with van der Waals surface area (Å²) in [6.45, 7) is 0. The maximum Gasteiger partial charge on any atom is 0.573 e. The number of halogens is 3. The zero-order valence-corrected chi connectivity index (χ0v) is 5.35. The molecule has 0 amide bonds. The molecular formula is CF3NO5S. The molecule has 10 heteroatoms. The predicted octanol–water partition coefficient (Wildman–Crippen LogP) is 0.0443. The lowest BCUT2D eigenvalue weighted by molar-refractivity contribution is -0.353. The van der Waals surface area contributed by atoms with Crippen LogP contribution in [0.25, 0.3) is 0 Å². The standard InChI is InChI=1S/CF3NO5S/c2-1(3,4)10-11(8,9)5(6)7. The molecule has 0 bridgehead atoms. The highest BCUT2D eigenvalue weighted by molar-refractivity contribution is 7.80. The Morgan fingerprint density at radius 3 is 1.82 bits per heavy atom. The zero-order valence-electron chi connectivity index (χ0n) is 4.53. The van der Waals surface area contributed by atoms with Crippen molar-refractivity contribution < 1.29 is 30.1 Å². The minimum absolute atomic E-state index is 2.16. The molecule has 0 spiro atoms. The van der Waals surface area contributed by atoms with Crippen LogP contribution < -0.4 is 0 Å². The molecule has 0 saturated carbocycles. The molecule has 0 atom stereocenters. The van der Waals surface area contributed by atoms with Crippen molar-refractivity contribution in [3.05, 3.63) is 10.1 Å². The van der Waals surface area contributed by atoms with E-state index in [1.165, 1.54) is 0 Å². The average Bonchev–Trinajstić information content (AvgIpc) is 1.56. The first-order valence-electron chi connectivity index (χ1n) is 1.82. The highest BCUT2D eigenvalue weighted by atomic mass is 32.2. The molecule has 11 heavy (non-hydrogen) atoms. The van der Waals surface area contributed by atoms with Gasteiger partial charge in [-0.25, -0.2) is 10.1 Å². The second kappa shape index (κ2) is 2.62. The second-order valence-corrected chi connectivity index (χ2v) is 2.50. The third-order valence-corrected chi connectivity index (χ3v) is 1.15. The van der Waals surface area contributed by atoms with Gasteiger partial charge >= 0.3 is 16.7 Å². The predicted molar refractivity (Wildman–Crippen MR) is 23.1 cm³/mol. The van der Waals surface area contributed by atoms with Gasteiger partial charge in [0.05, 0.1) is 0 Å². The second-order valence-electron chi connectivity index (χ2n) is 1.18. The van der Waals surface area contributed by atoms with Gasteiger partial charge in [-0.3, -0.25) is 0 Å². The molecule has 0 aliphatic heterocycles. The van der Waals surface area contributed by atoms with Crippen LogP contribution in [0.3, 0.4) is 0 Å². The maximum atomic E-state index is 11.0. The summed E-state index contributed by atoms with van der Waals surface area (Å²) in [7, 11) is -5.76. The SMILES string of the molecule is O=[N+]([O-])S(=O)(=O)OC(F)(F)F. The van der Waals surface area contributed by atoms with E-state index in [1.54, 1.807) is 0 Å². The van der Waals surface area contributed by atoms with Gasteiger partial charge in [-0.05, 0) is 0 Å². The fourth-order valence-electron chi connectivity index (χ4n) is 0.150. The summed E-state index contributed by atoms with van der Waals surface area (Å²) < 4.78 is 52.4. The van der Waals surface area contributed by atoms with Gasteiger partial charge in [0.2, 0.25) is 0 Å². The van der Waals surface area contributed by atoms with E-state index in [4.69, 9.17) is 0 Å². The first-order valence-corrected chi connectivity index (χ1v) is 3.18. The summed E-state index contributed by atoms with van der Waals surface area (Å²) in [6, 6.07) is 0. The molecule has 0 unspecified atom stereocenters. The van der Waals surface area contributed by atoms with E-state index in [1.807, 2.05) is 0 Å². The Kier molecular flexibility index (Phi) is 2.40. The van der Waals surface area contributed by atoms with Crippen LogP contribution in [0.1, 0.15) is 0 Å². The summed E-state index contributed by atoms with van der Waals surface area (Å²) in [5.41, 5.74) is 0. The molecule has 0 radical (unpaired) electrons. The Morgan fingerprint density at radius 1 is 1.36 bits per heavy atom. The summed E-state index contributed by atoms with van der Waals surface area (Å²) in [5, 5.41) is 9.29. The Hall–Kier alpha value is -0.900. The van der Waals surface area contributed by atoms with Crippen molar-refractivity contribution >= 4 is 10.3 Å². The van der Waals surface area contributed by atoms with E-state index >= 15 is 0 Å². The number of nitrogens with zero attached hydrogens (tertiary/aromatic N) is 1. The van der Waals surface area contributed by atoms with Crippen molar-refractivity contribution in [3.8, 4) is 0 Å². The molecule has 0 aliphatic carbocycles. The Labute approximate surface area is 58.0 Å². The van der Waals surface area contributed by atoms with E-state index < -0.39 is 21.0 Å². The van der Waals surface area contributed by atoms with Crippen LogP contribution in [-0.2, 0) is 14.5 Å². The Bertz CT molecular complexity index is 251. The summed E-state index contributed by atoms with van der Waals surface area (Å²) in [4.78, 5) is 9.29. The van der Waals surface area contributed by atoms with Crippen molar-refractivity contribution in [2.24, 2.45) is 0 Å². The lowest BCUT2D eigenvalue weighted by atomic mass is 11.4. The normalized spacial score (nSPS) is 13.0. The molecule has 0 aromatic heterocycles. The van der Waals surface area contributed by atoms with Crippen LogP contribution in [0.4, 0.5) is 13.2 Å². The monoisotopic (exact) mass is 195 g/mol. The van der Waals surface area contributed by atoms with Gasteiger partial charge in [0.25, 0.3) is 0 Å². The van der Waals surface area contributed by atoms with Crippen molar-refractivity contribution in [2.75, 3.05) is 0 Å². The van der Waals surface area contributed by atoms with E-state index in [2.05, 4.69) is 4.18 Å². The molecule has 0 N–H and O–H groups in total. The molecule has 66 valence electrons. The van der Waals surface area contributed by atoms with Crippen LogP contribution in [0.15, 0.2) is 0 Å². The number of nitro groups is 1. The molecule has 0 aromatic carbocycles. The number of rotatable bonds is 2. The molecular weight excluding hydrogens is 195 g/mol. The minimum Gasteiger partial charge on any atom is -0.245 e. The molecule has 0 aliphatic rings. The fourth-order valence-corrected chi connectivity index (χ4v) is 0.450. The molecule has 0 aromatic rings. The van der Waals surface area contributed by atoms with Gasteiger partial charge in [-0.15, -0.1) is 25.8 Å². The number of hydrogen-bond donors (Lipinski definition) is 0. The minimum atomic E-state index is -5.76. The topological polar surface area (TPSA) is 86.5 Å². The number of alkyl halides is 3. The molecule has 0 saturated heterocycles. The number of hydrogen-bond acceptors (Lipinski definition) is 5. The quantitative estimate of drug-likeness (QED) is 0.458. The average molecular weight is 195 g/mol. The van der Waals surface area contributed by atoms with Gasteiger partial charge in [0.1, 0.15) is 0 Å².